The molecule has 3 heteroatoms. The van der Waals surface area contributed by atoms with E-state index in [0.717, 1.165) is 18.5 Å². The lowest BCUT2D eigenvalue weighted by atomic mass is 9.64. The van der Waals surface area contributed by atoms with E-state index in [-0.39, 0.29) is 5.41 Å². The van der Waals surface area contributed by atoms with Gasteiger partial charge in [0.15, 0.2) is 0 Å². The topological polar surface area (TPSA) is 41.6 Å². The molecule has 0 radical (unpaired) electrons. The normalized spacial score (nSPS) is 23.9. The molecule has 1 aromatic heterocycles. The van der Waals surface area contributed by atoms with Crippen LogP contribution in [0.25, 0.3) is 0 Å². The van der Waals surface area contributed by atoms with Crippen LogP contribution in [0.4, 0.5) is 0 Å². The average Bonchev–Trinajstić information content (AvgIpc) is 2.97. The van der Waals surface area contributed by atoms with Crippen LogP contribution in [0.15, 0.2) is 30.7 Å². The smallest absolute Gasteiger partial charge is 0.0991 e. The second-order valence-electron chi connectivity index (χ2n) is 6.00. The Hall–Kier alpha value is -2.08. The van der Waals surface area contributed by atoms with Crippen LogP contribution in [0.5, 0.6) is 0 Å². The third-order valence-electron chi connectivity index (χ3n) is 5.01. The average molecular weight is 263 g/mol. The van der Waals surface area contributed by atoms with Gasteiger partial charge in [-0.15, -0.1) is 0 Å². The third-order valence-corrected chi connectivity index (χ3v) is 5.01. The Morgan fingerprint density at radius 3 is 3.05 bits per heavy atom. The van der Waals surface area contributed by atoms with Gasteiger partial charge in [0.25, 0.3) is 0 Å². The van der Waals surface area contributed by atoms with E-state index in [2.05, 4.69) is 27.8 Å². The molecule has 100 valence electrons. The van der Waals surface area contributed by atoms with Crippen LogP contribution in [-0.4, -0.2) is 9.55 Å². The van der Waals surface area contributed by atoms with Crippen LogP contribution in [0.3, 0.4) is 0 Å². The van der Waals surface area contributed by atoms with Crippen molar-refractivity contribution in [1.29, 1.82) is 5.26 Å². The number of hydrogen-bond donors (Lipinski definition) is 0. The summed E-state index contributed by atoms with van der Waals surface area (Å²) in [7, 11) is 0. The molecule has 1 spiro atoms. The zero-order chi connectivity index (χ0) is 13.6. The molecule has 0 bridgehead atoms. The molecule has 2 heterocycles. The van der Waals surface area contributed by atoms with E-state index in [4.69, 9.17) is 0 Å². The van der Waals surface area contributed by atoms with Crippen molar-refractivity contribution in [3.63, 3.8) is 0 Å². The summed E-state index contributed by atoms with van der Waals surface area (Å²) in [6.45, 7) is 1.07. The second-order valence-corrected chi connectivity index (χ2v) is 6.00. The molecule has 0 fully saturated rings. The molecule has 1 aliphatic carbocycles. The highest BCUT2D eigenvalue weighted by Crippen LogP contribution is 2.48. The van der Waals surface area contributed by atoms with Crippen LogP contribution >= 0.6 is 0 Å². The summed E-state index contributed by atoms with van der Waals surface area (Å²) < 4.78 is 2.30. The molecule has 3 nitrogen and oxygen atoms in total. The molecule has 20 heavy (non-hydrogen) atoms. The second kappa shape index (κ2) is 4.21. The first-order valence-corrected chi connectivity index (χ1v) is 7.38. The minimum absolute atomic E-state index is 0.0925. The van der Waals surface area contributed by atoms with E-state index in [1.807, 2.05) is 18.6 Å². The summed E-state index contributed by atoms with van der Waals surface area (Å²) in [4.78, 5) is 4.37. The van der Waals surface area contributed by atoms with Gasteiger partial charge in [0.1, 0.15) is 0 Å². The molecule has 0 saturated carbocycles. The maximum Gasteiger partial charge on any atom is 0.0991 e. The highest BCUT2D eigenvalue weighted by molar-refractivity contribution is 5.48. The molecule has 1 aromatic carbocycles. The zero-order valence-electron chi connectivity index (χ0n) is 11.5. The monoisotopic (exact) mass is 263 g/mol. The quantitative estimate of drug-likeness (QED) is 0.732. The first kappa shape index (κ1) is 11.7. The summed E-state index contributed by atoms with van der Waals surface area (Å²) in [5, 5.41) is 9.21. The zero-order valence-corrected chi connectivity index (χ0v) is 11.5. The SMILES string of the molecule is N#Cc1ccc2c(c1)C1(CCC2)CCCn2cncc21. The molecule has 1 atom stereocenters. The van der Waals surface area contributed by atoms with Gasteiger partial charge in [0, 0.05) is 23.9 Å². The van der Waals surface area contributed by atoms with E-state index in [1.165, 1.54) is 42.5 Å². The number of fused-ring (bicyclic) bond motifs is 4. The molecule has 2 aromatic rings. The highest BCUT2D eigenvalue weighted by Gasteiger charge is 2.42. The Bertz CT molecular complexity index is 703. The van der Waals surface area contributed by atoms with Crippen LogP contribution in [0.1, 0.15) is 48.1 Å². The summed E-state index contributed by atoms with van der Waals surface area (Å²) in [6.07, 6.45) is 9.91. The Morgan fingerprint density at radius 2 is 2.15 bits per heavy atom. The van der Waals surface area contributed by atoms with E-state index < -0.39 is 0 Å². The number of rotatable bonds is 0. The summed E-state index contributed by atoms with van der Waals surface area (Å²) >= 11 is 0. The van der Waals surface area contributed by atoms with E-state index >= 15 is 0 Å². The predicted octanol–water partition coefficient (Wildman–Crippen LogP) is 3.17. The van der Waals surface area contributed by atoms with Gasteiger partial charge >= 0.3 is 0 Å². The summed E-state index contributed by atoms with van der Waals surface area (Å²) in [6, 6.07) is 8.53. The van der Waals surface area contributed by atoms with Crippen molar-refractivity contribution in [2.75, 3.05) is 0 Å². The van der Waals surface area contributed by atoms with E-state index in [1.54, 1.807) is 0 Å². The Labute approximate surface area is 118 Å². The minimum atomic E-state index is 0.0925. The number of benzene rings is 1. The highest BCUT2D eigenvalue weighted by atomic mass is 15.1. The van der Waals surface area contributed by atoms with Crippen LogP contribution in [0.2, 0.25) is 0 Å². The van der Waals surface area contributed by atoms with Gasteiger partial charge in [-0.05, 0) is 55.4 Å². The predicted molar refractivity (Wildman–Crippen MR) is 76.3 cm³/mol. The van der Waals surface area contributed by atoms with E-state index in [9.17, 15) is 5.26 Å². The Kier molecular flexibility index (Phi) is 2.47. The fourth-order valence-electron chi connectivity index (χ4n) is 4.13. The number of aromatic nitrogens is 2. The fourth-order valence-corrected chi connectivity index (χ4v) is 4.13. The molecule has 1 aliphatic heterocycles. The van der Waals surface area contributed by atoms with Crippen molar-refractivity contribution < 1.29 is 0 Å². The molecule has 0 saturated heterocycles. The summed E-state index contributed by atoms with van der Waals surface area (Å²) in [5.74, 6) is 0. The fraction of sp³-hybridized carbons (Fsp3) is 0.412. The maximum atomic E-state index is 9.21. The first-order valence-electron chi connectivity index (χ1n) is 7.38. The number of aryl methyl sites for hydroxylation is 2. The minimum Gasteiger partial charge on any atom is -0.334 e. The number of hydrogen-bond acceptors (Lipinski definition) is 2. The van der Waals surface area contributed by atoms with Gasteiger partial charge in [0.05, 0.1) is 18.0 Å². The van der Waals surface area contributed by atoms with Gasteiger partial charge < -0.3 is 4.57 Å². The van der Waals surface area contributed by atoms with Gasteiger partial charge in [-0.3, -0.25) is 0 Å². The Morgan fingerprint density at radius 1 is 1.25 bits per heavy atom. The van der Waals surface area contributed by atoms with Crippen molar-refractivity contribution >= 4 is 0 Å². The van der Waals surface area contributed by atoms with Crippen molar-refractivity contribution in [2.45, 2.75) is 44.1 Å². The van der Waals surface area contributed by atoms with Gasteiger partial charge in [-0.1, -0.05) is 6.07 Å². The van der Waals surface area contributed by atoms with Crippen molar-refractivity contribution in [2.24, 2.45) is 0 Å². The van der Waals surface area contributed by atoms with Crippen LogP contribution < -0.4 is 0 Å². The lowest BCUT2D eigenvalue weighted by Crippen LogP contribution is -2.37. The lowest BCUT2D eigenvalue weighted by molar-refractivity contribution is 0.320. The van der Waals surface area contributed by atoms with Gasteiger partial charge in [0.2, 0.25) is 0 Å². The maximum absolute atomic E-state index is 9.21. The third kappa shape index (κ3) is 1.48. The molecule has 2 aliphatic rings. The molecule has 1 unspecified atom stereocenters. The van der Waals surface area contributed by atoms with Gasteiger partial charge in [-0.25, -0.2) is 4.98 Å². The van der Waals surface area contributed by atoms with Crippen molar-refractivity contribution in [3.8, 4) is 6.07 Å². The van der Waals surface area contributed by atoms with E-state index in [0.29, 0.717) is 0 Å². The largest absolute Gasteiger partial charge is 0.334 e. The molecular weight excluding hydrogens is 246 g/mol. The first-order chi connectivity index (χ1) is 9.83. The van der Waals surface area contributed by atoms with Crippen LogP contribution in [0, 0.1) is 11.3 Å². The number of nitriles is 1. The van der Waals surface area contributed by atoms with Crippen LogP contribution in [-0.2, 0) is 18.4 Å². The van der Waals surface area contributed by atoms with Crippen molar-refractivity contribution in [3.05, 3.63) is 53.1 Å². The molecule has 0 amide bonds. The molecular formula is C17H17N3. The number of imidazole rings is 1. The molecule has 0 N–H and O–H groups in total. The summed E-state index contributed by atoms with van der Waals surface area (Å²) in [5.41, 5.74) is 5.02. The standard InChI is InChI=1S/C17H17N3/c18-10-13-4-5-14-3-1-6-17(15(14)9-13)7-2-8-20-12-19-11-16(17)20/h4-5,9,11-12H,1-3,6-8H2. The Balaban J connectivity index is 1.97. The lowest BCUT2D eigenvalue weighted by Gasteiger charge is -2.42. The number of nitrogens with zero attached hydrogens (tertiary/aromatic N) is 3. The molecule has 4 rings (SSSR count). The van der Waals surface area contributed by atoms with Gasteiger partial charge in [-0.2, -0.15) is 5.26 Å². The van der Waals surface area contributed by atoms with Crippen molar-refractivity contribution in [1.82, 2.24) is 9.55 Å².